The van der Waals surface area contributed by atoms with Crippen molar-refractivity contribution in [3.63, 3.8) is 0 Å². The first kappa shape index (κ1) is 20.6. The largest absolute Gasteiger partial charge is 0.481 e. The minimum absolute atomic E-state index is 0.0365. The average molecular weight is 399 g/mol. The van der Waals surface area contributed by atoms with E-state index in [0.29, 0.717) is 13.0 Å². The Balaban J connectivity index is 1.91. The van der Waals surface area contributed by atoms with Crippen molar-refractivity contribution in [1.82, 2.24) is 10.2 Å². The minimum Gasteiger partial charge on any atom is -0.481 e. The van der Waals surface area contributed by atoms with Gasteiger partial charge in [0.2, 0.25) is 0 Å². The molecule has 0 spiro atoms. The normalized spacial score (nSPS) is 20.1. The maximum Gasteiger partial charge on any atom is 0.317 e. The van der Waals surface area contributed by atoms with Crippen LogP contribution >= 0.6 is 0 Å². The Morgan fingerprint density at radius 1 is 1.30 bits per heavy atom. The summed E-state index contributed by atoms with van der Waals surface area (Å²) in [5, 5.41) is 22.2. The zero-order valence-electron chi connectivity index (χ0n) is 14.7. The van der Waals surface area contributed by atoms with Crippen LogP contribution < -0.4 is 5.32 Å². The lowest BCUT2D eigenvalue weighted by Crippen LogP contribution is -2.50. The molecule has 27 heavy (non-hydrogen) atoms. The number of carbonyl (C=O) groups excluding carboxylic acids is 1. The Kier molecular flexibility index (Phi) is 6.37. The Bertz CT molecular complexity index is 823. The molecule has 0 aliphatic carbocycles. The highest BCUT2D eigenvalue weighted by Gasteiger charge is 2.31. The number of aliphatic carboxylic acids is 1. The van der Waals surface area contributed by atoms with Gasteiger partial charge >= 0.3 is 12.0 Å². The first-order chi connectivity index (χ1) is 12.6. The standard InChI is InChI=1S/C16H21N3O7S/c1-11-8-12(15(20)21)10-18(9-11)16(22)17-6-7-27(25,26)14-4-2-13(3-5-14)19(23)24/h2-5,11-12H,6-10H2,1H3,(H,17,22)(H,20,21). The summed E-state index contributed by atoms with van der Waals surface area (Å²) < 4.78 is 24.5. The molecule has 1 heterocycles. The molecular formula is C16H21N3O7S. The molecule has 2 unspecified atom stereocenters. The van der Waals surface area contributed by atoms with Gasteiger partial charge in [0.05, 0.1) is 21.5 Å². The second-order valence-corrected chi connectivity index (χ2v) is 8.69. The third-order valence-electron chi connectivity index (χ3n) is 4.35. The van der Waals surface area contributed by atoms with E-state index in [4.69, 9.17) is 5.11 Å². The first-order valence-corrected chi connectivity index (χ1v) is 9.98. The lowest BCUT2D eigenvalue weighted by molar-refractivity contribution is -0.384. The molecule has 0 aromatic heterocycles. The number of nitro groups is 1. The van der Waals surface area contributed by atoms with Gasteiger partial charge < -0.3 is 15.3 Å². The summed E-state index contributed by atoms with van der Waals surface area (Å²) in [7, 11) is -3.71. The third kappa shape index (κ3) is 5.39. The van der Waals surface area contributed by atoms with Gasteiger partial charge in [0.1, 0.15) is 0 Å². The molecule has 10 nitrogen and oxygen atoms in total. The minimum atomic E-state index is -3.71. The Hall–Kier alpha value is -2.69. The highest BCUT2D eigenvalue weighted by atomic mass is 32.2. The van der Waals surface area contributed by atoms with Crippen LogP contribution in [0.15, 0.2) is 29.2 Å². The number of nitrogens with one attached hydrogen (secondary N) is 1. The van der Waals surface area contributed by atoms with Gasteiger partial charge in [-0.15, -0.1) is 0 Å². The number of benzene rings is 1. The number of sulfone groups is 1. The number of nitrogens with zero attached hydrogens (tertiary/aromatic N) is 2. The molecule has 2 N–H and O–H groups in total. The summed E-state index contributed by atoms with van der Waals surface area (Å²) in [5.41, 5.74) is -0.213. The van der Waals surface area contributed by atoms with Crippen LogP contribution in [-0.4, -0.2) is 60.7 Å². The molecule has 1 saturated heterocycles. The second-order valence-electron chi connectivity index (χ2n) is 6.58. The number of carboxylic acid groups (broad SMARTS) is 1. The molecule has 0 radical (unpaired) electrons. The molecule has 0 bridgehead atoms. The van der Waals surface area contributed by atoms with Gasteiger partial charge in [-0.3, -0.25) is 14.9 Å². The maximum absolute atomic E-state index is 12.3. The maximum atomic E-state index is 12.3. The number of amides is 2. The highest BCUT2D eigenvalue weighted by Crippen LogP contribution is 2.22. The first-order valence-electron chi connectivity index (χ1n) is 8.33. The van der Waals surface area contributed by atoms with Crippen LogP contribution in [-0.2, 0) is 14.6 Å². The fraction of sp³-hybridized carbons (Fsp3) is 0.500. The van der Waals surface area contributed by atoms with Crippen molar-refractivity contribution in [3.8, 4) is 0 Å². The van der Waals surface area contributed by atoms with Crippen LogP contribution in [0.5, 0.6) is 0 Å². The summed E-state index contributed by atoms with van der Waals surface area (Å²) in [6, 6.07) is 4.00. The lowest BCUT2D eigenvalue weighted by atomic mass is 9.91. The van der Waals surface area contributed by atoms with Crippen molar-refractivity contribution in [2.45, 2.75) is 18.2 Å². The number of hydrogen-bond acceptors (Lipinski definition) is 6. The smallest absolute Gasteiger partial charge is 0.317 e. The summed E-state index contributed by atoms with van der Waals surface area (Å²) in [6.45, 7) is 2.19. The van der Waals surface area contributed by atoms with Crippen molar-refractivity contribution in [3.05, 3.63) is 34.4 Å². The van der Waals surface area contributed by atoms with Crippen LogP contribution in [0.3, 0.4) is 0 Å². The predicted molar refractivity (Wildman–Crippen MR) is 95.0 cm³/mol. The number of non-ortho nitro benzene ring substituents is 1. The van der Waals surface area contributed by atoms with Gasteiger partial charge in [-0.25, -0.2) is 13.2 Å². The van der Waals surface area contributed by atoms with E-state index < -0.39 is 32.7 Å². The summed E-state index contributed by atoms with van der Waals surface area (Å²) in [5.74, 6) is -1.93. The molecular weight excluding hydrogens is 378 g/mol. The Labute approximate surface area is 156 Å². The fourth-order valence-corrected chi connectivity index (χ4v) is 4.15. The Morgan fingerprint density at radius 3 is 2.48 bits per heavy atom. The number of likely N-dealkylation sites (tertiary alicyclic amines) is 1. The van der Waals surface area contributed by atoms with E-state index in [1.165, 1.54) is 4.90 Å². The molecule has 1 aliphatic rings. The second kappa shape index (κ2) is 8.33. The van der Waals surface area contributed by atoms with E-state index >= 15 is 0 Å². The molecule has 11 heteroatoms. The van der Waals surface area contributed by atoms with Gasteiger partial charge in [-0.2, -0.15) is 0 Å². The number of hydrogen-bond donors (Lipinski definition) is 2. The number of rotatable bonds is 6. The predicted octanol–water partition coefficient (Wildman–Crippen LogP) is 1.12. The van der Waals surface area contributed by atoms with Crippen LogP contribution in [0, 0.1) is 22.0 Å². The summed E-state index contributed by atoms with van der Waals surface area (Å²) in [6.07, 6.45) is 0.494. The van der Waals surface area contributed by atoms with E-state index in [9.17, 15) is 28.1 Å². The van der Waals surface area contributed by atoms with Crippen molar-refractivity contribution in [2.24, 2.45) is 11.8 Å². The number of carbonyl (C=O) groups is 2. The van der Waals surface area contributed by atoms with E-state index in [-0.39, 0.29) is 35.3 Å². The van der Waals surface area contributed by atoms with Crippen molar-refractivity contribution >= 4 is 27.5 Å². The SMILES string of the molecule is CC1CC(C(=O)O)CN(C(=O)NCCS(=O)(=O)c2ccc([N+](=O)[O-])cc2)C1. The molecule has 148 valence electrons. The number of urea groups is 1. The molecule has 1 aromatic rings. The van der Waals surface area contributed by atoms with E-state index in [1.807, 2.05) is 6.92 Å². The molecule has 2 amide bonds. The quantitative estimate of drug-likeness (QED) is 0.538. The monoisotopic (exact) mass is 399 g/mol. The lowest BCUT2D eigenvalue weighted by Gasteiger charge is -2.34. The summed E-state index contributed by atoms with van der Waals surface area (Å²) >= 11 is 0. The molecule has 0 saturated carbocycles. The van der Waals surface area contributed by atoms with Gasteiger partial charge in [0.15, 0.2) is 9.84 Å². The van der Waals surface area contributed by atoms with Crippen molar-refractivity contribution in [2.75, 3.05) is 25.4 Å². The van der Waals surface area contributed by atoms with E-state index in [2.05, 4.69) is 5.32 Å². The number of carboxylic acids is 1. The molecule has 1 aliphatic heterocycles. The zero-order chi connectivity index (χ0) is 20.2. The summed E-state index contributed by atoms with van der Waals surface area (Å²) in [4.78, 5) is 34.7. The fourth-order valence-electron chi connectivity index (χ4n) is 2.99. The van der Waals surface area contributed by atoms with Gasteiger partial charge in [0, 0.05) is 31.8 Å². The highest BCUT2D eigenvalue weighted by molar-refractivity contribution is 7.91. The van der Waals surface area contributed by atoms with Crippen molar-refractivity contribution < 1.29 is 28.0 Å². The number of nitro benzene ring substituents is 1. The van der Waals surface area contributed by atoms with Gasteiger partial charge in [0.25, 0.3) is 5.69 Å². The van der Waals surface area contributed by atoms with Crippen molar-refractivity contribution in [1.29, 1.82) is 0 Å². The van der Waals surface area contributed by atoms with Gasteiger partial charge in [-0.1, -0.05) is 6.92 Å². The van der Waals surface area contributed by atoms with Crippen LogP contribution in [0.25, 0.3) is 0 Å². The molecule has 2 rings (SSSR count). The Morgan fingerprint density at radius 2 is 1.93 bits per heavy atom. The van der Waals surface area contributed by atoms with E-state index in [0.717, 1.165) is 24.3 Å². The zero-order valence-corrected chi connectivity index (χ0v) is 15.5. The average Bonchev–Trinajstić information content (AvgIpc) is 2.61. The van der Waals surface area contributed by atoms with E-state index in [1.54, 1.807) is 0 Å². The molecule has 2 atom stereocenters. The van der Waals surface area contributed by atoms with Crippen LogP contribution in [0.4, 0.5) is 10.5 Å². The molecule has 1 fully saturated rings. The molecule has 1 aromatic carbocycles. The third-order valence-corrected chi connectivity index (χ3v) is 6.08. The van der Waals surface area contributed by atoms with Crippen LogP contribution in [0.1, 0.15) is 13.3 Å². The van der Waals surface area contributed by atoms with Gasteiger partial charge in [-0.05, 0) is 24.5 Å². The topological polar surface area (TPSA) is 147 Å². The number of piperidine rings is 1. The van der Waals surface area contributed by atoms with Crippen LogP contribution in [0.2, 0.25) is 0 Å².